The Morgan fingerprint density at radius 2 is 1.93 bits per heavy atom. The van der Waals surface area contributed by atoms with Crippen LogP contribution in [-0.2, 0) is 14.3 Å². The number of nitrogens with one attached hydrogen (secondary N) is 1. The second kappa shape index (κ2) is 5.14. The summed E-state index contributed by atoms with van der Waals surface area (Å²) in [6, 6.07) is 0.240. The van der Waals surface area contributed by atoms with Crippen LogP contribution in [0.2, 0.25) is 0 Å². The van der Waals surface area contributed by atoms with Crippen LogP contribution in [-0.4, -0.2) is 24.0 Å². The van der Waals surface area contributed by atoms with Crippen LogP contribution in [0, 0.1) is 5.92 Å². The van der Waals surface area contributed by atoms with Crippen molar-refractivity contribution in [1.82, 2.24) is 5.32 Å². The van der Waals surface area contributed by atoms with Crippen molar-refractivity contribution in [3.05, 3.63) is 0 Å². The van der Waals surface area contributed by atoms with Gasteiger partial charge in [0, 0.05) is 19.9 Å². The molecule has 0 aromatic heterocycles. The van der Waals surface area contributed by atoms with Crippen LogP contribution >= 0.6 is 0 Å². The highest BCUT2D eigenvalue weighted by molar-refractivity contribution is 5.73. The zero-order valence-corrected chi connectivity index (χ0v) is 9.58. The average molecular weight is 213 g/mol. The van der Waals surface area contributed by atoms with Crippen molar-refractivity contribution in [2.75, 3.05) is 0 Å². The van der Waals surface area contributed by atoms with E-state index in [4.69, 9.17) is 4.74 Å². The molecule has 4 heteroatoms. The van der Waals surface area contributed by atoms with Gasteiger partial charge in [-0.05, 0) is 25.2 Å². The van der Waals surface area contributed by atoms with Gasteiger partial charge >= 0.3 is 5.97 Å². The third-order valence-electron chi connectivity index (χ3n) is 2.82. The lowest BCUT2D eigenvalue weighted by Crippen LogP contribution is -2.42. The molecule has 0 heterocycles. The molecular weight excluding hydrogens is 194 g/mol. The lowest BCUT2D eigenvalue weighted by Gasteiger charge is -2.33. The number of hydrogen-bond donors (Lipinski definition) is 1. The SMILES string of the molecule is CC(=O)N[C@H]1CC[C@@H](OC(C)=O)[C@H](C)C1. The zero-order valence-electron chi connectivity index (χ0n) is 9.58. The predicted molar refractivity (Wildman–Crippen MR) is 56.2 cm³/mol. The quantitative estimate of drug-likeness (QED) is 0.702. The van der Waals surface area contributed by atoms with Gasteiger partial charge in [-0.3, -0.25) is 9.59 Å². The molecule has 0 bridgehead atoms. The molecule has 86 valence electrons. The van der Waals surface area contributed by atoms with E-state index in [0.717, 1.165) is 19.3 Å². The van der Waals surface area contributed by atoms with Crippen molar-refractivity contribution in [3.63, 3.8) is 0 Å². The van der Waals surface area contributed by atoms with Crippen LogP contribution in [0.3, 0.4) is 0 Å². The van der Waals surface area contributed by atoms with Crippen molar-refractivity contribution in [1.29, 1.82) is 0 Å². The summed E-state index contributed by atoms with van der Waals surface area (Å²) < 4.78 is 5.21. The van der Waals surface area contributed by atoms with E-state index >= 15 is 0 Å². The Kier molecular flexibility index (Phi) is 4.12. The Morgan fingerprint density at radius 3 is 2.40 bits per heavy atom. The summed E-state index contributed by atoms with van der Waals surface area (Å²) in [5.74, 6) is 0.113. The van der Waals surface area contributed by atoms with E-state index in [2.05, 4.69) is 12.2 Å². The fraction of sp³-hybridized carbons (Fsp3) is 0.818. The second-order valence-corrected chi connectivity index (χ2v) is 4.34. The molecule has 0 aromatic rings. The summed E-state index contributed by atoms with van der Waals surface area (Å²) >= 11 is 0. The first-order valence-electron chi connectivity index (χ1n) is 5.43. The summed E-state index contributed by atoms with van der Waals surface area (Å²) in [6.07, 6.45) is 2.64. The number of amides is 1. The van der Waals surface area contributed by atoms with Crippen molar-refractivity contribution >= 4 is 11.9 Å². The van der Waals surface area contributed by atoms with Gasteiger partial charge in [0.05, 0.1) is 0 Å². The molecule has 1 N–H and O–H groups in total. The Labute approximate surface area is 90.4 Å². The first kappa shape index (κ1) is 12.0. The van der Waals surface area contributed by atoms with Crippen molar-refractivity contribution in [3.8, 4) is 0 Å². The van der Waals surface area contributed by atoms with E-state index in [1.165, 1.54) is 13.8 Å². The molecule has 1 rings (SSSR count). The Hall–Kier alpha value is -1.06. The molecule has 3 atom stereocenters. The number of rotatable bonds is 2. The molecule has 0 aromatic carbocycles. The molecule has 1 saturated carbocycles. The number of carbonyl (C=O) groups excluding carboxylic acids is 2. The van der Waals surface area contributed by atoms with Gasteiger partial charge < -0.3 is 10.1 Å². The van der Waals surface area contributed by atoms with E-state index in [-0.39, 0.29) is 24.0 Å². The van der Waals surface area contributed by atoms with Crippen molar-refractivity contribution in [2.45, 2.75) is 52.2 Å². The molecule has 0 spiro atoms. The van der Waals surface area contributed by atoms with Gasteiger partial charge in [-0.25, -0.2) is 0 Å². The van der Waals surface area contributed by atoms with E-state index in [9.17, 15) is 9.59 Å². The Balaban J connectivity index is 2.40. The van der Waals surface area contributed by atoms with Crippen molar-refractivity contribution < 1.29 is 14.3 Å². The molecular formula is C11H19NO3. The van der Waals surface area contributed by atoms with Gasteiger partial charge in [-0.15, -0.1) is 0 Å². The second-order valence-electron chi connectivity index (χ2n) is 4.34. The molecule has 0 unspecified atom stereocenters. The van der Waals surface area contributed by atoms with Gasteiger partial charge in [0.25, 0.3) is 0 Å². The molecule has 1 aliphatic carbocycles. The van der Waals surface area contributed by atoms with Crippen LogP contribution < -0.4 is 5.32 Å². The number of carbonyl (C=O) groups is 2. The van der Waals surface area contributed by atoms with Crippen LogP contribution in [0.1, 0.15) is 40.0 Å². The summed E-state index contributed by atoms with van der Waals surface area (Å²) in [5, 5.41) is 2.91. The van der Waals surface area contributed by atoms with Gasteiger partial charge in [0.15, 0.2) is 0 Å². The largest absolute Gasteiger partial charge is 0.462 e. The standard InChI is InChI=1S/C11H19NO3/c1-7-6-10(12-8(2)13)4-5-11(7)15-9(3)14/h7,10-11H,4-6H2,1-3H3,(H,12,13)/t7-,10+,11-/m1/s1. The lowest BCUT2D eigenvalue weighted by atomic mass is 9.84. The number of ether oxygens (including phenoxy) is 1. The molecule has 1 aliphatic rings. The maximum atomic E-state index is 10.9. The third kappa shape index (κ3) is 3.90. The molecule has 0 saturated heterocycles. The van der Waals surface area contributed by atoms with E-state index in [0.29, 0.717) is 5.92 Å². The minimum atomic E-state index is -0.218. The van der Waals surface area contributed by atoms with Crippen LogP contribution in [0.4, 0.5) is 0 Å². The summed E-state index contributed by atoms with van der Waals surface area (Å²) in [4.78, 5) is 21.7. The number of hydrogen-bond acceptors (Lipinski definition) is 3. The first-order chi connectivity index (χ1) is 6.99. The van der Waals surface area contributed by atoms with Crippen LogP contribution in [0.15, 0.2) is 0 Å². The maximum Gasteiger partial charge on any atom is 0.302 e. The third-order valence-corrected chi connectivity index (χ3v) is 2.82. The van der Waals surface area contributed by atoms with Crippen LogP contribution in [0.5, 0.6) is 0 Å². The fourth-order valence-corrected chi connectivity index (χ4v) is 2.18. The monoisotopic (exact) mass is 213 g/mol. The zero-order chi connectivity index (χ0) is 11.4. The van der Waals surface area contributed by atoms with E-state index in [1.54, 1.807) is 0 Å². The first-order valence-corrected chi connectivity index (χ1v) is 5.43. The molecule has 1 amide bonds. The van der Waals surface area contributed by atoms with Crippen molar-refractivity contribution in [2.24, 2.45) is 5.92 Å². The highest BCUT2D eigenvalue weighted by Gasteiger charge is 2.29. The lowest BCUT2D eigenvalue weighted by molar-refractivity contribution is -0.151. The van der Waals surface area contributed by atoms with Gasteiger partial charge in [0.1, 0.15) is 6.10 Å². The van der Waals surface area contributed by atoms with Crippen LogP contribution in [0.25, 0.3) is 0 Å². The van der Waals surface area contributed by atoms with Gasteiger partial charge in [-0.1, -0.05) is 6.92 Å². The van der Waals surface area contributed by atoms with Gasteiger partial charge in [0.2, 0.25) is 5.91 Å². The summed E-state index contributed by atoms with van der Waals surface area (Å²) in [7, 11) is 0. The normalized spacial score (nSPS) is 30.7. The summed E-state index contributed by atoms with van der Waals surface area (Å²) in [5.41, 5.74) is 0. The summed E-state index contributed by atoms with van der Waals surface area (Å²) in [6.45, 7) is 5.02. The van der Waals surface area contributed by atoms with E-state index < -0.39 is 0 Å². The smallest absolute Gasteiger partial charge is 0.302 e. The average Bonchev–Trinajstić information content (AvgIpc) is 2.08. The van der Waals surface area contributed by atoms with Gasteiger partial charge in [-0.2, -0.15) is 0 Å². The maximum absolute atomic E-state index is 10.9. The minimum Gasteiger partial charge on any atom is -0.462 e. The molecule has 0 radical (unpaired) electrons. The highest BCUT2D eigenvalue weighted by Crippen LogP contribution is 2.26. The fourth-order valence-electron chi connectivity index (χ4n) is 2.18. The van der Waals surface area contributed by atoms with E-state index in [1.807, 2.05) is 0 Å². The molecule has 15 heavy (non-hydrogen) atoms. The topological polar surface area (TPSA) is 55.4 Å². The highest BCUT2D eigenvalue weighted by atomic mass is 16.5. The Bertz CT molecular complexity index is 252. The predicted octanol–water partition coefficient (Wildman–Crippen LogP) is 1.24. The molecule has 0 aliphatic heterocycles. The number of esters is 1. The minimum absolute atomic E-state index is 0.0122. The molecule has 4 nitrogen and oxygen atoms in total. The molecule has 1 fully saturated rings. The Morgan fingerprint density at radius 1 is 1.27 bits per heavy atom.